The quantitative estimate of drug-likeness (QED) is 0.517. The maximum atomic E-state index is 5.17. The molecule has 0 unspecified atom stereocenters. The Kier molecular flexibility index (Phi) is 1.50. The molecular weight excluding hydrogens is 113 g/mol. The lowest BCUT2D eigenvalue weighted by Gasteiger charge is -2.01. The summed E-state index contributed by atoms with van der Waals surface area (Å²) < 4.78 is 9.68. The van der Waals surface area contributed by atoms with Gasteiger partial charge < -0.3 is 14.8 Å². The zero-order chi connectivity index (χ0) is 5.11. The molecular formula is C3H6NO2P. The van der Waals surface area contributed by atoms with Crippen LogP contribution in [-0.4, -0.2) is 6.29 Å². The van der Waals surface area contributed by atoms with Crippen LogP contribution in [0.2, 0.25) is 0 Å². The van der Waals surface area contributed by atoms with Crippen molar-refractivity contribution in [2.45, 2.75) is 0 Å². The van der Waals surface area contributed by atoms with Crippen LogP contribution in [0.15, 0.2) is 12.5 Å². The van der Waals surface area contributed by atoms with Crippen LogP contribution in [0, 0.1) is 0 Å². The van der Waals surface area contributed by atoms with Crippen molar-refractivity contribution in [3.05, 3.63) is 12.5 Å². The van der Waals surface area contributed by atoms with E-state index in [1.165, 1.54) is 12.5 Å². The number of nitrogens with two attached hydrogens (primary N) is 1. The van der Waals surface area contributed by atoms with E-state index in [1.807, 2.05) is 0 Å². The number of hydrogen-bond donors (Lipinski definition) is 1. The van der Waals surface area contributed by atoms with Gasteiger partial charge in [-0.15, -0.1) is 0 Å². The first kappa shape index (κ1) is 4.88. The molecule has 4 heteroatoms. The third kappa shape index (κ3) is 1.05. The van der Waals surface area contributed by atoms with Crippen molar-refractivity contribution in [1.82, 2.24) is 0 Å². The molecule has 0 saturated carbocycles. The Balaban J connectivity index is 2.22. The van der Waals surface area contributed by atoms with Gasteiger partial charge in [0.25, 0.3) is 0 Å². The fourth-order valence-corrected chi connectivity index (χ4v) is 0.889. The lowest BCUT2D eigenvalue weighted by atomic mass is 11.1. The highest BCUT2D eigenvalue weighted by molar-refractivity contribution is 7.47. The van der Waals surface area contributed by atoms with E-state index in [9.17, 15) is 0 Å². The summed E-state index contributed by atoms with van der Waals surface area (Å²) in [6.07, 6.45) is 3.50. The van der Waals surface area contributed by atoms with Crippen LogP contribution in [0.3, 0.4) is 0 Å². The summed E-state index contributed by atoms with van der Waals surface area (Å²) in [6, 6.07) is 0. The van der Waals surface area contributed by atoms with Crippen LogP contribution in [0.1, 0.15) is 0 Å². The van der Waals surface area contributed by atoms with E-state index in [0.717, 1.165) is 0 Å². The largest absolute Gasteiger partial charge is 0.442 e. The van der Waals surface area contributed by atoms with Gasteiger partial charge in [-0.2, -0.15) is 0 Å². The van der Waals surface area contributed by atoms with Crippen molar-refractivity contribution in [2.24, 2.45) is 5.73 Å². The molecule has 0 bridgehead atoms. The van der Waals surface area contributed by atoms with Gasteiger partial charge in [-0.05, 0) is 0 Å². The first-order chi connectivity index (χ1) is 3.43. The lowest BCUT2D eigenvalue weighted by Crippen LogP contribution is -1.95. The SMILES string of the molecule is NCP1OC=CO1. The number of hydrogen-bond acceptors (Lipinski definition) is 3. The summed E-state index contributed by atoms with van der Waals surface area (Å²) in [5, 5.41) is 0. The molecule has 0 radical (unpaired) electrons. The fraction of sp³-hybridized carbons (Fsp3) is 0.333. The zero-order valence-corrected chi connectivity index (χ0v) is 4.60. The minimum absolute atomic E-state index is 0.475. The maximum absolute atomic E-state index is 5.17. The summed E-state index contributed by atoms with van der Waals surface area (Å²) in [4.78, 5) is 0. The highest BCUT2D eigenvalue weighted by atomic mass is 31.2. The van der Waals surface area contributed by atoms with Gasteiger partial charge in [0, 0.05) is 0 Å². The molecule has 0 amide bonds. The molecule has 0 aromatic carbocycles. The summed E-state index contributed by atoms with van der Waals surface area (Å²) >= 11 is 0. The van der Waals surface area contributed by atoms with Gasteiger partial charge in [0.2, 0.25) is 0 Å². The molecule has 2 N–H and O–H groups in total. The van der Waals surface area contributed by atoms with E-state index >= 15 is 0 Å². The predicted octanol–water partition coefficient (Wildman–Crippen LogP) is 0.733. The van der Waals surface area contributed by atoms with Crippen LogP contribution in [0.25, 0.3) is 0 Å². The average Bonchev–Trinajstić information content (AvgIpc) is 2.14. The second-order valence-electron chi connectivity index (χ2n) is 0.998. The second-order valence-corrected chi connectivity index (χ2v) is 2.45. The van der Waals surface area contributed by atoms with Crippen LogP contribution in [0.4, 0.5) is 0 Å². The Labute approximate surface area is 43.0 Å². The van der Waals surface area contributed by atoms with Crippen LogP contribution >= 0.6 is 8.38 Å². The first-order valence-corrected chi connectivity index (χ1v) is 3.26. The van der Waals surface area contributed by atoms with Crippen LogP contribution in [-0.2, 0) is 9.05 Å². The maximum Gasteiger partial charge on any atom is 0.304 e. The van der Waals surface area contributed by atoms with E-state index < -0.39 is 8.38 Å². The van der Waals surface area contributed by atoms with Gasteiger partial charge >= 0.3 is 8.38 Å². The van der Waals surface area contributed by atoms with Crippen molar-refractivity contribution >= 4 is 8.38 Å². The molecule has 0 aromatic rings. The molecule has 3 nitrogen and oxygen atoms in total. The predicted molar refractivity (Wildman–Crippen MR) is 27.3 cm³/mol. The summed E-state index contributed by atoms with van der Waals surface area (Å²) in [5.74, 6) is 0. The third-order valence-corrected chi connectivity index (χ3v) is 1.57. The van der Waals surface area contributed by atoms with Gasteiger partial charge in [-0.1, -0.05) is 0 Å². The van der Waals surface area contributed by atoms with Gasteiger partial charge in [0.1, 0.15) is 12.5 Å². The van der Waals surface area contributed by atoms with E-state index in [0.29, 0.717) is 6.29 Å². The van der Waals surface area contributed by atoms with Gasteiger partial charge in [-0.3, -0.25) is 0 Å². The van der Waals surface area contributed by atoms with E-state index in [1.54, 1.807) is 0 Å². The zero-order valence-electron chi connectivity index (χ0n) is 3.70. The van der Waals surface area contributed by atoms with Crippen LogP contribution < -0.4 is 5.73 Å². The Morgan fingerprint density at radius 1 is 1.43 bits per heavy atom. The molecule has 0 fully saturated rings. The number of rotatable bonds is 1. The van der Waals surface area contributed by atoms with Gasteiger partial charge in [0.05, 0.1) is 6.29 Å². The smallest absolute Gasteiger partial charge is 0.304 e. The second kappa shape index (κ2) is 2.15. The molecule has 0 atom stereocenters. The van der Waals surface area contributed by atoms with E-state index in [-0.39, 0.29) is 0 Å². The van der Waals surface area contributed by atoms with E-state index in [4.69, 9.17) is 14.8 Å². The first-order valence-electron chi connectivity index (χ1n) is 1.89. The third-order valence-electron chi connectivity index (χ3n) is 0.561. The lowest BCUT2D eigenvalue weighted by molar-refractivity contribution is 0.477. The molecule has 0 aliphatic carbocycles. The van der Waals surface area contributed by atoms with Crippen molar-refractivity contribution in [2.75, 3.05) is 6.29 Å². The van der Waals surface area contributed by atoms with E-state index in [2.05, 4.69) is 0 Å². The van der Waals surface area contributed by atoms with Crippen LogP contribution in [0.5, 0.6) is 0 Å². The fourth-order valence-electron chi connectivity index (χ4n) is 0.296. The summed E-state index contributed by atoms with van der Waals surface area (Å²) in [7, 11) is -0.776. The molecule has 0 aromatic heterocycles. The highest BCUT2D eigenvalue weighted by Gasteiger charge is 2.09. The van der Waals surface area contributed by atoms with Crippen molar-refractivity contribution in [1.29, 1.82) is 0 Å². The summed E-state index contributed by atoms with van der Waals surface area (Å²) in [5.41, 5.74) is 5.17. The topological polar surface area (TPSA) is 44.5 Å². The van der Waals surface area contributed by atoms with Crippen molar-refractivity contribution in [3.8, 4) is 0 Å². The monoisotopic (exact) mass is 119 g/mol. The standard InChI is InChI=1S/C3H6NO2P/c4-3-7-5-1-2-6-7/h1-2H,3-4H2. The molecule has 1 heterocycles. The van der Waals surface area contributed by atoms with Gasteiger partial charge in [-0.25, -0.2) is 0 Å². The Bertz CT molecular complexity index is 77.0. The molecule has 0 saturated heterocycles. The average molecular weight is 119 g/mol. The Morgan fingerprint density at radius 2 is 2.00 bits per heavy atom. The molecule has 1 aliphatic rings. The van der Waals surface area contributed by atoms with Crippen molar-refractivity contribution < 1.29 is 9.05 Å². The highest BCUT2D eigenvalue weighted by Crippen LogP contribution is 2.40. The minimum atomic E-state index is -0.776. The molecule has 1 rings (SSSR count). The Hall–Kier alpha value is -0.270. The minimum Gasteiger partial charge on any atom is -0.442 e. The summed E-state index contributed by atoms with van der Waals surface area (Å²) in [6.45, 7) is 0. The molecule has 0 spiro atoms. The molecule has 40 valence electrons. The molecule has 7 heavy (non-hydrogen) atoms. The Morgan fingerprint density at radius 3 is 2.29 bits per heavy atom. The molecule has 1 aliphatic heterocycles. The van der Waals surface area contributed by atoms with Gasteiger partial charge in [0.15, 0.2) is 0 Å². The van der Waals surface area contributed by atoms with Crippen molar-refractivity contribution in [3.63, 3.8) is 0 Å². The normalized spacial score (nSPS) is 19.0.